The van der Waals surface area contributed by atoms with Crippen LogP contribution in [0, 0.1) is 5.41 Å². The number of nitrogens with zero attached hydrogens (tertiary/aromatic N) is 1. The van der Waals surface area contributed by atoms with Gasteiger partial charge in [0.2, 0.25) is 0 Å². The van der Waals surface area contributed by atoms with Crippen LogP contribution in [0.5, 0.6) is 0 Å². The van der Waals surface area contributed by atoms with Crippen LogP contribution in [-0.4, -0.2) is 26.9 Å². The third-order valence-corrected chi connectivity index (χ3v) is 3.68. The minimum Gasteiger partial charge on any atom is -0.326 e. The summed E-state index contributed by atoms with van der Waals surface area (Å²) in [4.78, 5) is 39.4. The zero-order chi connectivity index (χ0) is 18.3. The van der Waals surface area contributed by atoms with Crippen LogP contribution in [-0.2, 0) is 15.0 Å². The maximum Gasteiger partial charge on any atom is 0.266 e. The van der Waals surface area contributed by atoms with Gasteiger partial charge in [0.05, 0.1) is 17.2 Å². The Bertz CT molecular complexity index is 560. The van der Waals surface area contributed by atoms with Crippen LogP contribution in [0.1, 0.15) is 60.1 Å². The Morgan fingerprint density at radius 2 is 1.70 bits per heavy atom. The Hall–Kier alpha value is -1.30. The molecule has 0 aliphatic carbocycles. The topological polar surface area (TPSA) is 79.9 Å². The van der Waals surface area contributed by atoms with Gasteiger partial charge in [-0.2, -0.15) is 0 Å². The van der Waals surface area contributed by atoms with Crippen molar-refractivity contribution in [1.29, 1.82) is 0 Å². The molecule has 0 bridgehead atoms. The summed E-state index contributed by atoms with van der Waals surface area (Å²) < 4.78 is 0. The van der Waals surface area contributed by atoms with Crippen LogP contribution in [0.15, 0.2) is 17.2 Å². The highest BCUT2D eigenvalue weighted by Crippen LogP contribution is 2.18. The number of alkyl halides is 1. The fraction of sp³-hybridized carbons (Fsp3) is 0.647. The minimum atomic E-state index is -0.313. The summed E-state index contributed by atoms with van der Waals surface area (Å²) in [6, 6.07) is 0. The number of halogens is 1. The van der Waals surface area contributed by atoms with Crippen molar-refractivity contribution in [3.63, 3.8) is 0 Å². The Kier molecular flexibility index (Phi) is 8.59. The van der Waals surface area contributed by atoms with Crippen molar-refractivity contribution in [2.75, 3.05) is 5.33 Å². The number of ketones is 2. The van der Waals surface area contributed by atoms with Gasteiger partial charge in [0.15, 0.2) is 0 Å². The fourth-order valence-corrected chi connectivity index (χ4v) is 1.73. The Morgan fingerprint density at radius 1 is 1.13 bits per heavy atom. The zero-order valence-corrected chi connectivity index (χ0v) is 16.4. The first kappa shape index (κ1) is 21.7. The van der Waals surface area contributed by atoms with Gasteiger partial charge in [-0.25, -0.2) is 0 Å². The van der Waals surface area contributed by atoms with E-state index in [1.165, 1.54) is 6.20 Å². The summed E-state index contributed by atoms with van der Waals surface area (Å²) in [6.07, 6.45) is 3.69. The average Bonchev–Trinajstić information content (AvgIpc) is 2.43. The van der Waals surface area contributed by atoms with Gasteiger partial charge in [0.25, 0.3) is 5.56 Å². The van der Waals surface area contributed by atoms with E-state index >= 15 is 0 Å². The van der Waals surface area contributed by atoms with Crippen molar-refractivity contribution in [3.05, 3.63) is 28.4 Å². The number of aromatic amines is 1. The molecule has 6 heteroatoms. The molecule has 0 aliphatic heterocycles. The molecule has 0 amide bonds. The second-order valence-corrected chi connectivity index (χ2v) is 7.95. The third-order valence-electron chi connectivity index (χ3n) is 3.06. The second kappa shape index (κ2) is 9.11. The molecule has 130 valence electrons. The maximum atomic E-state index is 11.3. The number of aromatic nitrogens is 2. The van der Waals surface area contributed by atoms with Gasteiger partial charge in [0, 0.05) is 29.9 Å². The lowest BCUT2D eigenvalue weighted by atomic mass is 9.88. The van der Waals surface area contributed by atoms with E-state index in [9.17, 15) is 14.4 Å². The molecule has 0 saturated heterocycles. The van der Waals surface area contributed by atoms with Crippen molar-refractivity contribution in [3.8, 4) is 0 Å². The van der Waals surface area contributed by atoms with Crippen LogP contribution in [0.4, 0.5) is 0 Å². The first-order chi connectivity index (χ1) is 10.4. The lowest BCUT2D eigenvalue weighted by Gasteiger charge is -2.15. The normalized spacial score (nSPS) is 11.4. The van der Waals surface area contributed by atoms with Crippen LogP contribution in [0.2, 0.25) is 0 Å². The number of rotatable bonds is 4. The van der Waals surface area contributed by atoms with Crippen LogP contribution >= 0.6 is 15.9 Å². The van der Waals surface area contributed by atoms with E-state index in [-0.39, 0.29) is 28.0 Å². The summed E-state index contributed by atoms with van der Waals surface area (Å²) in [5, 5.41) is 0.352. The van der Waals surface area contributed by atoms with E-state index in [4.69, 9.17) is 0 Å². The molecular weight excluding hydrogens is 360 g/mol. The van der Waals surface area contributed by atoms with Gasteiger partial charge in [-0.3, -0.25) is 19.4 Å². The van der Waals surface area contributed by atoms with Crippen molar-refractivity contribution in [1.82, 2.24) is 9.97 Å². The Balaban J connectivity index is 0.000000422. The molecule has 0 radical (unpaired) electrons. The summed E-state index contributed by atoms with van der Waals surface area (Å²) in [6.45, 7) is 11.8. The highest BCUT2D eigenvalue weighted by Gasteiger charge is 2.21. The number of Topliss-reactive ketones (excluding diaryl/α,β-unsaturated/α-hetero) is 2. The van der Waals surface area contributed by atoms with E-state index in [0.717, 1.165) is 5.69 Å². The number of hydrogen-bond donors (Lipinski definition) is 1. The third kappa shape index (κ3) is 9.43. The predicted molar refractivity (Wildman–Crippen MR) is 96.1 cm³/mol. The van der Waals surface area contributed by atoms with Crippen molar-refractivity contribution in [2.24, 2.45) is 5.41 Å². The van der Waals surface area contributed by atoms with Gasteiger partial charge < -0.3 is 4.98 Å². The standard InChI is InChI=1S/C9H15BrO2.C8H12N2O/c1-9(2,3)8(12)5-4-7(11)6-10;1-8(2,3)6-4-10-7(11)5-9-6/h4-6H2,1-3H3;4-5H,1-3H3,(H,10,11). The number of carbonyl (C=O) groups is 2. The van der Waals surface area contributed by atoms with E-state index in [1.54, 1.807) is 6.20 Å². The molecule has 1 rings (SSSR count). The molecule has 0 unspecified atom stereocenters. The molecule has 0 atom stereocenters. The molecule has 1 aromatic rings. The van der Waals surface area contributed by atoms with E-state index < -0.39 is 0 Å². The largest absolute Gasteiger partial charge is 0.326 e. The first-order valence-electron chi connectivity index (χ1n) is 7.54. The quantitative estimate of drug-likeness (QED) is 0.803. The molecule has 0 saturated carbocycles. The molecule has 0 fully saturated rings. The van der Waals surface area contributed by atoms with E-state index in [0.29, 0.717) is 18.2 Å². The van der Waals surface area contributed by atoms with Crippen molar-refractivity contribution >= 4 is 27.5 Å². The van der Waals surface area contributed by atoms with E-state index in [2.05, 4.69) is 25.9 Å². The number of H-pyrrole nitrogens is 1. The highest BCUT2D eigenvalue weighted by atomic mass is 79.9. The van der Waals surface area contributed by atoms with Crippen LogP contribution in [0.25, 0.3) is 0 Å². The smallest absolute Gasteiger partial charge is 0.266 e. The zero-order valence-electron chi connectivity index (χ0n) is 14.8. The van der Waals surface area contributed by atoms with Crippen molar-refractivity contribution in [2.45, 2.75) is 59.8 Å². The van der Waals surface area contributed by atoms with Gasteiger partial charge >= 0.3 is 0 Å². The second-order valence-electron chi connectivity index (χ2n) is 7.39. The molecule has 1 aromatic heterocycles. The van der Waals surface area contributed by atoms with Gasteiger partial charge in [-0.1, -0.05) is 57.5 Å². The highest BCUT2D eigenvalue weighted by molar-refractivity contribution is 9.09. The van der Waals surface area contributed by atoms with Gasteiger partial charge in [0.1, 0.15) is 11.6 Å². The monoisotopic (exact) mass is 386 g/mol. The molecule has 0 aromatic carbocycles. The van der Waals surface area contributed by atoms with Crippen LogP contribution in [0.3, 0.4) is 0 Å². The molecule has 0 aliphatic rings. The molecule has 5 nitrogen and oxygen atoms in total. The van der Waals surface area contributed by atoms with Gasteiger partial charge in [-0.05, 0) is 0 Å². The number of carbonyl (C=O) groups excluding carboxylic acids is 2. The molecular formula is C17H27BrN2O3. The lowest BCUT2D eigenvalue weighted by molar-refractivity contribution is -0.128. The summed E-state index contributed by atoms with van der Waals surface area (Å²) in [5.41, 5.74) is 0.437. The van der Waals surface area contributed by atoms with Crippen molar-refractivity contribution < 1.29 is 9.59 Å². The molecule has 0 spiro atoms. The van der Waals surface area contributed by atoms with Crippen LogP contribution < -0.4 is 5.56 Å². The first-order valence-corrected chi connectivity index (χ1v) is 8.66. The molecule has 1 N–H and O–H groups in total. The van der Waals surface area contributed by atoms with Gasteiger partial charge in [-0.15, -0.1) is 0 Å². The Morgan fingerprint density at radius 3 is 2.04 bits per heavy atom. The molecule has 1 heterocycles. The lowest BCUT2D eigenvalue weighted by Crippen LogP contribution is -2.20. The minimum absolute atomic E-state index is 0.00417. The summed E-state index contributed by atoms with van der Waals surface area (Å²) >= 11 is 3.05. The Labute approximate surface area is 146 Å². The summed E-state index contributed by atoms with van der Waals surface area (Å²) in [5.74, 6) is 0.240. The predicted octanol–water partition coefficient (Wildman–Crippen LogP) is 3.41. The average molecular weight is 387 g/mol. The SMILES string of the molecule is CC(C)(C)C(=O)CCC(=O)CBr.CC(C)(C)c1c[nH]c(=O)cn1. The molecule has 23 heavy (non-hydrogen) atoms. The number of hydrogen-bond acceptors (Lipinski definition) is 4. The van der Waals surface area contributed by atoms with E-state index in [1.807, 2.05) is 41.5 Å². The summed E-state index contributed by atoms with van der Waals surface area (Å²) in [7, 11) is 0. The number of nitrogens with one attached hydrogen (secondary N) is 1. The fourth-order valence-electron chi connectivity index (χ4n) is 1.45. The maximum absolute atomic E-state index is 11.3.